The number of carbonyl (C=O) groups excluding carboxylic acids is 1. The maximum absolute atomic E-state index is 11.4. The van der Waals surface area contributed by atoms with Crippen molar-refractivity contribution in [3.8, 4) is 0 Å². The molecule has 1 rings (SSSR count). The smallest absolute Gasteiger partial charge is 0.234 e. The third kappa shape index (κ3) is 5.29. The maximum Gasteiger partial charge on any atom is 0.234 e. The first-order chi connectivity index (χ1) is 8.77. The molecule has 0 aliphatic heterocycles. The average molecular weight is 254 g/mol. The van der Waals surface area contributed by atoms with Crippen LogP contribution in [-0.4, -0.2) is 42.3 Å². The van der Waals surface area contributed by atoms with Crippen LogP contribution in [0.2, 0.25) is 0 Å². The lowest BCUT2D eigenvalue weighted by Crippen LogP contribution is -2.35. The molecule has 6 nitrogen and oxygen atoms in total. The standard InChI is InChI=1S/C12H22N4O2/c1-3-6-16-7-4-14-11(16)9-13-10-12(17)15-5-8-18-2/h4,7,13H,3,5-6,8-10H2,1-2H3,(H,15,17). The summed E-state index contributed by atoms with van der Waals surface area (Å²) in [6.07, 6.45) is 4.81. The Morgan fingerprint density at radius 3 is 3.11 bits per heavy atom. The van der Waals surface area contributed by atoms with Gasteiger partial charge in [-0.3, -0.25) is 4.79 Å². The highest BCUT2D eigenvalue weighted by molar-refractivity contribution is 5.77. The molecule has 0 bridgehead atoms. The molecule has 0 spiro atoms. The van der Waals surface area contributed by atoms with Gasteiger partial charge in [0.25, 0.3) is 0 Å². The van der Waals surface area contributed by atoms with E-state index in [9.17, 15) is 4.79 Å². The average Bonchev–Trinajstić information content (AvgIpc) is 2.78. The second kappa shape index (κ2) is 8.66. The van der Waals surface area contributed by atoms with Gasteiger partial charge in [-0.2, -0.15) is 0 Å². The van der Waals surface area contributed by atoms with Crippen LogP contribution in [0.4, 0.5) is 0 Å². The molecule has 0 fully saturated rings. The molecule has 1 amide bonds. The normalized spacial score (nSPS) is 10.6. The number of hydrogen-bond acceptors (Lipinski definition) is 4. The summed E-state index contributed by atoms with van der Waals surface area (Å²) in [4.78, 5) is 15.7. The monoisotopic (exact) mass is 254 g/mol. The van der Waals surface area contributed by atoms with Crippen LogP contribution in [0.25, 0.3) is 0 Å². The number of carbonyl (C=O) groups is 1. The number of aromatic nitrogens is 2. The molecule has 0 atom stereocenters. The van der Waals surface area contributed by atoms with Crippen molar-refractivity contribution >= 4 is 5.91 Å². The quantitative estimate of drug-likeness (QED) is 0.615. The first-order valence-electron chi connectivity index (χ1n) is 6.24. The number of nitrogens with zero attached hydrogens (tertiary/aromatic N) is 2. The second-order valence-corrected chi connectivity index (χ2v) is 3.98. The number of rotatable bonds is 9. The van der Waals surface area contributed by atoms with E-state index in [4.69, 9.17) is 4.74 Å². The van der Waals surface area contributed by atoms with Gasteiger partial charge in [0.15, 0.2) is 0 Å². The predicted octanol–water partition coefficient (Wildman–Crippen LogP) is 0.145. The van der Waals surface area contributed by atoms with Crippen LogP contribution in [-0.2, 0) is 22.6 Å². The minimum absolute atomic E-state index is 0.0272. The van der Waals surface area contributed by atoms with Gasteiger partial charge in [-0.25, -0.2) is 4.98 Å². The van der Waals surface area contributed by atoms with E-state index in [0.29, 0.717) is 26.2 Å². The molecule has 1 aromatic rings. The van der Waals surface area contributed by atoms with Crippen LogP contribution >= 0.6 is 0 Å². The third-order valence-corrected chi connectivity index (χ3v) is 2.46. The molecular formula is C12H22N4O2. The van der Waals surface area contributed by atoms with Crippen LogP contribution in [0.1, 0.15) is 19.2 Å². The largest absolute Gasteiger partial charge is 0.383 e. The SMILES string of the molecule is CCCn1ccnc1CNCC(=O)NCCOC. The van der Waals surface area contributed by atoms with Crippen LogP contribution in [0.15, 0.2) is 12.4 Å². The van der Waals surface area contributed by atoms with Gasteiger partial charge in [0.2, 0.25) is 5.91 Å². The first-order valence-corrected chi connectivity index (χ1v) is 6.24. The van der Waals surface area contributed by atoms with Crippen molar-refractivity contribution in [3.63, 3.8) is 0 Å². The number of amides is 1. The summed E-state index contributed by atoms with van der Waals surface area (Å²) >= 11 is 0. The highest BCUT2D eigenvalue weighted by Gasteiger charge is 2.03. The summed E-state index contributed by atoms with van der Waals surface area (Å²) in [5.74, 6) is 0.933. The van der Waals surface area contributed by atoms with Crippen molar-refractivity contribution in [2.24, 2.45) is 0 Å². The van der Waals surface area contributed by atoms with E-state index in [2.05, 4.69) is 27.1 Å². The summed E-state index contributed by atoms with van der Waals surface area (Å²) in [6.45, 7) is 5.05. The number of ether oxygens (including phenoxy) is 1. The van der Waals surface area contributed by atoms with Gasteiger partial charge in [0.1, 0.15) is 5.82 Å². The Kier molecular flexibility index (Phi) is 7.05. The van der Waals surface area contributed by atoms with Crippen molar-refractivity contribution in [2.45, 2.75) is 26.4 Å². The molecule has 0 saturated carbocycles. The topological polar surface area (TPSA) is 68.2 Å². The fraction of sp³-hybridized carbons (Fsp3) is 0.667. The van der Waals surface area contributed by atoms with Crippen molar-refractivity contribution in [1.82, 2.24) is 20.2 Å². The van der Waals surface area contributed by atoms with Crippen molar-refractivity contribution in [2.75, 3.05) is 26.8 Å². The predicted molar refractivity (Wildman–Crippen MR) is 69.1 cm³/mol. The zero-order valence-corrected chi connectivity index (χ0v) is 11.1. The summed E-state index contributed by atoms with van der Waals surface area (Å²) in [5, 5.41) is 5.83. The van der Waals surface area contributed by atoms with Crippen LogP contribution in [0.3, 0.4) is 0 Å². The molecule has 102 valence electrons. The molecule has 1 aromatic heterocycles. The van der Waals surface area contributed by atoms with Crippen LogP contribution in [0, 0.1) is 0 Å². The van der Waals surface area contributed by atoms with E-state index in [0.717, 1.165) is 18.8 Å². The Bertz CT molecular complexity index is 352. The highest BCUT2D eigenvalue weighted by atomic mass is 16.5. The zero-order valence-electron chi connectivity index (χ0n) is 11.1. The van der Waals surface area contributed by atoms with Gasteiger partial charge in [-0.1, -0.05) is 6.92 Å². The fourth-order valence-corrected chi connectivity index (χ4v) is 1.59. The van der Waals surface area contributed by atoms with Crippen molar-refractivity contribution in [3.05, 3.63) is 18.2 Å². The Hall–Kier alpha value is -1.40. The lowest BCUT2D eigenvalue weighted by molar-refractivity contribution is -0.120. The molecule has 2 N–H and O–H groups in total. The lowest BCUT2D eigenvalue weighted by atomic mass is 10.4. The Morgan fingerprint density at radius 2 is 2.39 bits per heavy atom. The Labute approximate surface area is 108 Å². The number of nitrogens with one attached hydrogen (secondary N) is 2. The number of imidazole rings is 1. The molecule has 0 aliphatic carbocycles. The van der Waals surface area contributed by atoms with Gasteiger partial charge in [0.05, 0.1) is 19.7 Å². The number of hydrogen-bond donors (Lipinski definition) is 2. The molecule has 0 unspecified atom stereocenters. The van der Waals surface area contributed by atoms with Crippen molar-refractivity contribution < 1.29 is 9.53 Å². The van der Waals surface area contributed by atoms with Crippen molar-refractivity contribution in [1.29, 1.82) is 0 Å². The van der Waals surface area contributed by atoms with Crippen LogP contribution in [0.5, 0.6) is 0 Å². The molecule has 6 heteroatoms. The molecular weight excluding hydrogens is 232 g/mol. The molecule has 18 heavy (non-hydrogen) atoms. The van der Waals surface area contributed by atoms with E-state index in [1.807, 2.05) is 6.20 Å². The van der Waals surface area contributed by atoms with E-state index >= 15 is 0 Å². The molecule has 0 aliphatic rings. The van der Waals surface area contributed by atoms with Gasteiger partial charge in [0, 0.05) is 32.6 Å². The molecule has 0 aromatic carbocycles. The van der Waals surface area contributed by atoms with Gasteiger partial charge in [-0.05, 0) is 6.42 Å². The number of methoxy groups -OCH3 is 1. The Morgan fingerprint density at radius 1 is 1.56 bits per heavy atom. The van der Waals surface area contributed by atoms with Gasteiger partial charge < -0.3 is 19.9 Å². The highest BCUT2D eigenvalue weighted by Crippen LogP contribution is 1.98. The van der Waals surface area contributed by atoms with Gasteiger partial charge >= 0.3 is 0 Å². The maximum atomic E-state index is 11.4. The minimum atomic E-state index is -0.0272. The summed E-state index contributed by atoms with van der Waals surface area (Å²) in [5.41, 5.74) is 0. The van der Waals surface area contributed by atoms with Gasteiger partial charge in [-0.15, -0.1) is 0 Å². The van der Waals surface area contributed by atoms with E-state index in [1.165, 1.54) is 0 Å². The fourth-order valence-electron chi connectivity index (χ4n) is 1.59. The second-order valence-electron chi connectivity index (χ2n) is 3.98. The minimum Gasteiger partial charge on any atom is -0.383 e. The summed E-state index contributed by atoms with van der Waals surface area (Å²) in [7, 11) is 1.61. The van der Waals surface area contributed by atoms with E-state index in [1.54, 1.807) is 13.3 Å². The van der Waals surface area contributed by atoms with E-state index in [-0.39, 0.29) is 5.91 Å². The Balaban J connectivity index is 2.20. The zero-order chi connectivity index (χ0) is 13.2. The summed E-state index contributed by atoms with van der Waals surface area (Å²) in [6, 6.07) is 0. The first kappa shape index (κ1) is 14.7. The molecule has 1 heterocycles. The molecule has 0 saturated heterocycles. The van der Waals surface area contributed by atoms with E-state index < -0.39 is 0 Å². The summed E-state index contributed by atoms with van der Waals surface area (Å²) < 4.78 is 6.94. The van der Waals surface area contributed by atoms with Crippen LogP contribution < -0.4 is 10.6 Å². The third-order valence-electron chi connectivity index (χ3n) is 2.46. The number of aryl methyl sites for hydroxylation is 1. The molecule has 0 radical (unpaired) electrons. The lowest BCUT2D eigenvalue weighted by Gasteiger charge is -2.08.